The molecule has 0 atom stereocenters. The molecular weight excluding hydrogens is 212 g/mol. The maximum Gasteiger partial charge on any atom is 0.358 e. The van der Waals surface area contributed by atoms with Gasteiger partial charge in [-0.2, -0.15) is 0 Å². The summed E-state index contributed by atoms with van der Waals surface area (Å²) in [5.41, 5.74) is 5.14. The van der Waals surface area contributed by atoms with Crippen molar-refractivity contribution in [3.05, 3.63) is 18.1 Å². The summed E-state index contributed by atoms with van der Waals surface area (Å²) in [7, 11) is 2.91. The molecule has 0 spiro atoms. The zero-order chi connectivity index (χ0) is 12.1. The Balaban J connectivity index is 2.78. The Morgan fingerprint density at radius 1 is 1.44 bits per heavy atom. The van der Waals surface area contributed by atoms with Gasteiger partial charge in [0, 0.05) is 7.05 Å². The van der Waals surface area contributed by atoms with E-state index >= 15 is 0 Å². The molecule has 7 nitrogen and oxygen atoms in total. The van der Waals surface area contributed by atoms with Gasteiger partial charge in [0.15, 0.2) is 5.69 Å². The van der Waals surface area contributed by atoms with Gasteiger partial charge in [-0.15, -0.1) is 0 Å². The molecule has 0 radical (unpaired) electrons. The van der Waals surface area contributed by atoms with E-state index < -0.39 is 11.9 Å². The number of esters is 1. The Morgan fingerprint density at radius 3 is 2.56 bits per heavy atom. The second-order valence-corrected chi connectivity index (χ2v) is 3.07. The molecule has 0 aromatic carbocycles. The van der Waals surface area contributed by atoms with Gasteiger partial charge in [-0.05, 0) is 0 Å². The molecule has 1 aromatic heterocycles. The number of rotatable bonds is 4. The van der Waals surface area contributed by atoms with Gasteiger partial charge in [-0.3, -0.25) is 4.79 Å². The number of likely N-dealkylation sites (N-methyl/N-ethyl adjacent to an activating group) is 1. The van der Waals surface area contributed by atoms with E-state index in [1.54, 1.807) is 7.05 Å². The molecular formula is C9H12N4O3. The zero-order valence-electron chi connectivity index (χ0n) is 9.01. The lowest BCUT2D eigenvalue weighted by Crippen LogP contribution is -2.31. The number of carbonyl (C=O) groups is 2. The van der Waals surface area contributed by atoms with E-state index in [1.165, 1.54) is 24.4 Å². The molecule has 0 saturated heterocycles. The van der Waals surface area contributed by atoms with Crippen LogP contribution in [0.1, 0.15) is 10.5 Å². The SMILES string of the molecule is COC(=O)c1cnc(N(C)CC(N)=O)cn1. The van der Waals surface area contributed by atoms with E-state index in [0.717, 1.165) is 0 Å². The van der Waals surface area contributed by atoms with Crippen LogP contribution < -0.4 is 10.6 Å². The Morgan fingerprint density at radius 2 is 2.12 bits per heavy atom. The second-order valence-electron chi connectivity index (χ2n) is 3.07. The number of hydrogen-bond donors (Lipinski definition) is 1. The maximum atomic E-state index is 11.1. The molecule has 0 aliphatic carbocycles. The van der Waals surface area contributed by atoms with E-state index in [-0.39, 0.29) is 12.2 Å². The van der Waals surface area contributed by atoms with Crippen LogP contribution in [0.25, 0.3) is 0 Å². The third kappa shape index (κ3) is 2.91. The smallest absolute Gasteiger partial charge is 0.358 e. The highest BCUT2D eigenvalue weighted by atomic mass is 16.5. The van der Waals surface area contributed by atoms with Crippen LogP contribution in [0.3, 0.4) is 0 Å². The van der Waals surface area contributed by atoms with Crippen molar-refractivity contribution in [3.8, 4) is 0 Å². The van der Waals surface area contributed by atoms with Crippen LogP contribution in [-0.2, 0) is 9.53 Å². The molecule has 7 heteroatoms. The van der Waals surface area contributed by atoms with E-state index in [1.807, 2.05) is 0 Å². The van der Waals surface area contributed by atoms with Crippen LogP contribution in [0, 0.1) is 0 Å². The number of hydrogen-bond acceptors (Lipinski definition) is 6. The predicted molar refractivity (Wildman–Crippen MR) is 55.8 cm³/mol. The summed E-state index contributed by atoms with van der Waals surface area (Å²) in [4.78, 5) is 31.0. The molecule has 0 unspecified atom stereocenters. The van der Waals surface area contributed by atoms with E-state index in [9.17, 15) is 9.59 Å². The van der Waals surface area contributed by atoms with Crippen LogP contribution in [0.5, 0.6) is 0 Å². The van der Waals surface area contributed by atoms with E-state index in [0.29, 0.717) is 5.82 Å². The van der Waals surface area contributed by atoms with E-state index in [4.69, 9.17) is 5.73 Å². The minimum absolute atomic E-state index is 0.0340. The maximum absolute atomic E-state index is 11.1. The lowest BCUT2D eigenvalue weighted by Gasteiger charge is -2.15. The number of ether oxygens (including phenoxy) is 1. The molecule has 16 heavy (non-hydrogen) atoms. The Kier molecular flexibility index (Phi) is 3.76. The van der Waals surface area contributed by atoms with Crippen LogP contribution in [0.4, 0.5) is 5.82 Å². The number of anilines is 1. The quantitative estimate of drug-likeness (QED) is 0.671. The molecule has 1 rings (SSSR count). The van der Waals surface area contributed by atoms with Crippen molar-refractivity contribution in [2.45, 2.75) is 0 Å². The lowest BCUT2D eigenvalue weighted by atomic mass is 10.4. The first kappa shape index (κ1) is 11.9. The molecule has 0 aliphatic heterocycles. The largest absolute Gasteiger partial charge is 0.464 e. The summed E-state index contributed by atoms with van der Waals surface area (Å²) in [5, 5.41) is 0. The number of nitrogens with zero attached hydrogens (tertiary/aromatic N) is 3. The number of nitrogens with two attached hydrogens (primary N) is 1. The lowest BCUT2D eigenvalue weighted by molar-refractivity contribution is -0.116. The van der Waals surface area contributed by atoms with Crippen LogP contribution in [0.15, 0.2) is 12.4 Å². The van der Waals surface area contributed by atoms with Crippen molar-refractivity contribution in [2.75, 3.05) is 25.6 Å². The van der Waals surface area contributed by atoms with Gasteiger partial charge in [-0.1, -0.05) is 0 Å². The average Bonchev–Trinajstić information content (AvgIpc) is 2.27. The average molecular weight is 224 g/mol. The normalized spacial score (nSPS) is 9.62. The van der Waals surface area contributed by atoms with Gasteiger partial charge >= 0.3 is 5.97 Å². The molecule has 0 aliphatic rings. The molecule has 0 saturated carbocycles. The van der Waals surface area contributed by atoms with Crippen molar-refractivity contribution in [1.29, 1.82) is 0 Å². The third-order valence-corrected chi connectivity index (χ3v) is 1.82. The summed E-state index contributed by atoms with van der Waals surface area (Å²) < 4.78 is 4.47. The Bertz CT molecular complexity index is 390. The van der Waals surface area contributed by atoms with Gasteiger partial charge < -0.3 is 15.4 Å². The first-order valence-electron chi connectivity index (χ1n) is 4.44. The van der Waals surface area contributed by atoms with Crippen LogP contribution in [-0.4, -0.2) is 42.5 Å². The fourth-order valence-corrected chi connectivity index (χ4v) is 1.04. The monoisotopic (exact) mass is 224 g/mol. The Labute approximate surface area is 92.2 Å². The molecule has 86 valence electrons. The van der Waals surface area contributed by atoms with Crippen molar-refractivity contribution in [1.82, 2.24) is 9.97 Å². The summed E-state index contributed by atoms with van der Waals surface area (Å²) in [6.45, 7) is 0.0340. The summed E-state index contributed by atoms with van der Waals surface area (Å²) in [5.74, 6) is -0.579. The minimum Gasteiger partial charge on any atom is -0.464 e. The first-order chi connectivity index (χ1) is 7.54. The first-order valence-corrected chi connectivity index (χ1v) is 4.44. The highest BCUT2D eigenvalue weighted by molar-refractivity contribution is 5.86. The zero-order valence-corrected chi connectivity index (χ0v) is 9.01. The molecule has 1 amide bonds. The van der Waals surface area contributed by atoms with Gasteiger partial charge in [0.25, 0.3) is 0 Å². The van der Waals surface area contributed by atoms with Crippen molar-refractivity contribution < 1.29 is 14.3 Å². The fourth-order valence-electron chi connectivity index (χ4n) is 1.04. The fraction of sp³-hybridized carbons (Fsp3) is 0.333. The molecule has 1 aromatic rings. The number of carbonyl (C=O) groups excluding carboxylic acids is 2. The minimum atomic E-state index is -0.559. The van der Waals surface area contributed by atoms with Crippen LogP contribution >= 0.6 is 0 Å². The van der Waals surface area contributed by atoms with Gasteiger partial charge in [0.05, 0.1) is 26.0 Å². The predicted octanol–water partition coefficient (Wildman–Crippen LogP) is -0.815. The summed E-state index contributed by atoms with van der Waals surface area (Å²) in [6.07, 6.45) is 2.65. The number of methoxy groups -OCH3 is 1. The van der Waals surface area contributed by atoms with Gasteiger partial charge in [0.1, 0.15) is 5.82 Å². The Hall–Kier alpha value is -2.18. The standard InChI is InChI=1S/C9H12N4O3/c1-13(5-7(10)14)8-4-11-6(3-12-8)9(15)16-2/h3-4H,5H2,1-2H3,(H2,10,14). The van der Waals surface area contributed by atoms with Gasteiger partial charge in [0.2, 0.25) is 5.91 Å². The van der Waals surface area contributed by atoms with Crippen molar-refractivity contribution in [2.24, 2.45) is 5.73 Å². The third-order valence-electron chi connectivity index (χ3n) is 1.82. The number of primary amides is 1. The molecule has 2 N–H and O–H groups in total. The summed E-state index contributed by atoms with van der Waals surface area (Å²) >= 11 is 0. The molecule has 0 bridgehead atoms. The summed E-state index contributed by atoms with van der Waals surface area (Å²) in [6, 6.07) is 0. The topological polar surface area (TPSA) is 98.4 Å². The molecule has 1 heterocycles. The highest BCUT2D eigenvalue weighted by Gasteiger charge is 2.10. The second kappa shape index (κ2) is 5.06. The van der Waals surface area contributed by atoms with Gasteiger partial charge in [-0.25, -0.2) is 14.8 Å². The van der Waals surface area contributed by atoms with Crippen molar-refractivity contribution in [3.63, 3.8) is 0 Å². The van der Waals surface area contributed by atoms with Crippen molar-refractivity contribution >= 4 is 17.7 Å². The highest BCUT2D eigenvalue weighted by Crippen LogP contribution is 2.06. The number of aromatic nitrogens is 2. The molecule has 0 fully saturated rings. The van der Waals surface area contributed by atoms with Crippen LogP contribution in [0.2, 0.25) is 0 Å². The van der Waals surface area contributed by atoms with E-state index in [2.05, 4.69) is 14.7 Å². The number of amides is 1.